The number of aromatic nitrogens is 1. The number of furan rings is 1. The fraction of sp³-hybridized carbons (Fsp3) is 0.308. The summed E-state index contributed by atoms with van der Waals surface area (Å²) in [5.41, 5.74) is 1.93. The molecule has 0 radical (unpaired) electrons. The lowest BCUT2D eigenvalue weighted by Gasteiger charge is -2.16. The van der Waals surface area contributed by atoms with Gasteiger partial charge in [0.05, 0.1) is 0 Å². The van der Waals surface area contributed by atoms with E-state index >= 15 is 0 Å². The number of carbonyl (C=O) groups is 2. The van der Waals surface area contributed by atoms with Crippen molar-refractivity contribution in [3.05, 3.63) is 29.7 Å². The number of carboxylic acid groups (broad SMARTS) is 1. The van der Waals surface area contributed by atoms with Crippen LogP contribution in [0.2, 0.25) is 0 Å². The molecule has 0 saturated carbocycles. The highest BCUT2D eigenvalue weighted by Crippen LogP contribution is 2.19. The van der Waals surface area contributed by atoms with Crippen LogP contribution in [0.5, 0.6) is 0 Å². The molecular formula is C13H14N2O4. The van der Waals surface area contributed by atoms with Crippen LogP contribution in [0.15, 0.2) is 22.6 Å². The third-order valence-electron chi connectivity index (χ3n) is 2.72. The van der Waals surface area contributed by atoms with Crippen LogP contribution in [0.3, 0.4) is 0 Å². The Kier molecular flexibility index (Phi) is 3.50. The highest BCUT2D eigenvalue weighted by atomic mass is 16.4. The fourth-order valence-electron chi connectivity index (χ4n) is 1.78. The Morgan fingerprint density at radius 1 is 1.42 bits per heavy atom. The van der Waals surface area contributed by atoms with Crippen molar-refractivity contribution >= 4 is 23.0 Å². The van der Waals surface area contributed by atoms with Gasteiger partial charge in [-0.3, -0.25) is 9.59 Å². The van der Waals surface area contributed by atoms with Gasteiger partial charge in [-0.2, -0.15) is 0 Å². The Balaban J connectivity index is 2.32. The van der Waals surface area contributed by atoms with E-state index < -0.39 is 11.9 Å². The Morgan fingerprint density at radius 2 is 2.16 bits per heavy atom. The summed E-state index contributed by atoms with van der Waals surface area (Å²) in [4.78, 5) is 28.2. The second-order valence-corrected chi connectivity index (χ2v) is 4.16. The van der Waals surface area contributed by atoms with E-state index in [0.717, 1.165) is 5.69 Å². The van der Waals surface area contributed by atoms with Crippen molar-refractivity contribution in [1.29, 1.82) is 0 Å². The highest BCUT2D eigenvalue weighted by Gasteiger charge is 2.20. The van der Waals surface area contributed by atoms with Crippen LogP contribution in [-0.4, -0.2) is 40.0 Å². The monoisotopic (exact) mass is 262 g/mol. The van der Waals surface area contributed by atoms with Gasteiger partial charge in [0.15, 0.2) is 11.3 Å². The average Bonchev–Trinajstić information content (AvgIpc) is 2.77. The SMILES string of the molecule is CCN(CC(=O)O)C(=O)c1cc2nc(C)ccc2o1. The third-order valence-corrected chi connectivity index (χ3v) is 2.72. The first-order valence-corrected chi connectivity index (χ1v) is 5.89. The first-order valence-electron chi connectivity index (χ1n) is 5.89. The Morgan fingerprint density at radius 3 is 2.79 bits per heavy atom. The maximum absolute atomic E-state index is 12.1. The smallest absolute Gasteiger partial charge is 0.323 e. The minimum absolute atomic E-state index is 0.108. The molecule has 0 saturated heterocycles. The molecular weight excluding hydrogens is 248 g/mol. The number of hydrogen-bond acceptors (Lipinski definition) is 4. The van der Waals surface area contributed by atoms with E-state index in [1.54, 1.807) is 19.1 Å². The van der Waals surface area contributed by atoms with E-state index in [4.69, 9.17) is 9.52 Å². The average molecular weight is 262 g/mol. The van der Waals surface area contributed by atoms with E-state index in [-0.39, 0.29) is 12.3 Å². The molecule has 0 aliphatic carbocycles. The number of amides is 1. The van der Waals surface area contributed by atoms with Crippen LogP contribution in [0.25, 0.3) is 11.1 Å². The molecule has 0 unspecified atom stereocenters. The second-order valence-electron chi connectivity index (χ2n) is 4.16. The highest BCUT2D eigenvalue weighted by molar-refractivity contribution is 5.96. The number of pyridine rings is 1. The molecule has 0 spiro atoms. The second kappa shape index (κ2) is 5.09. The number of fused-ring (bicyclic) bond motifs is 1. The summed E-state index contributed by atoms with van der Waals surface area (Å²) < 4.78 is 5.40. The fourth-order valence-corrected chi connectivity index (χ4v) is 1.78. The van der Waals surface area contributed by atoms with Crippen molar-refractivity contribution in [2.75, 3.05) is 13.1 Å². The van der Waals surface area contributed by atoms with Crippen LogP contribution < -0.4 is 0 Å². The number of hydrogen-bond donors (Lipinski definition) is 1. The van der Waals surface area contributed by atoms with E-state index in [1.807, 2.05) is 6.92 Å². The van der Waals surface area contributed by atoms with Crippen LogP contribution in [-0.2, 0) is 4.79 Å². The molecule has 1 N–H and O–H groups in total. The van der Waals surface area contributed by atoms with Crippen molar-refractivity contribution in [3.8, 4) is 0 Å². The zero-order chi connectivity index (χ0) is 14.0. The zero-order valence-electron chi connectivity index (χ0n) is 10.7. The quantitative estimate of drug-likeness (QED) is 0.906. The number of aryl methyl sites for hydroxylation is 1. The molecule has 2 aromatic rings. The number of rotatable bonds is 4. The van der Waals surface area contributed by atoms with Crippen LogP contribution >= 0.6 is 0 Å². The molecule has 2 rings (SSSR count). The number of aliphatic carboxylic acids is 1. The number of likely N-dealkylation sites (N-methyl/N-ethyl adjacent to an activating group) is 1. The summed E-state index contributed by atoms with van der Waals surface area (Å²) in [5, 5.41) is 8.75. The van der Waals surface area contributed by atoms with Gasteiger partial charge in [-0.25, -0.2) is 4.98 Å². The van der Waals surface area contributed by atoms with Crippen molar-refractivity contribution in [2.45, 2.75) is 13.8 Å². The molecule has 0 atom stereocenters. The standard InChI is InChI=1S/C13H14N2O4/c1-3-15(7-12(16)17)13(18)11-6-9-10(19-11)5-4-8(2)14-9/h4-6H,3,7H2,1-2H3,(H,16,17). The lowest BCUT2D eigenvalue weighted by Crippen LogP contribution is -2.35. The molecule has 0 aliphatic rings. The van der Waals surface area contributed by atoms with E-state index in [0.29, 0.717) is 17.6 Å². The number of carbonyl (C=O) groups excluding carboxylic acids is 1. The van der Waals surface area contributed by atoms with Crippen LogP contribution in [0, 0.1) is 6.92 Å². The zero-order valence-corrected chi connectivity index (χ0v) is 10.7. The first-order chi connectivity index (χ1) is 9.01. The van der Waals surface area contributed by atoms with E-state index in [2.05, 4.69) is 4.98 Å². The van der Waals surface area contributed by atoms with Gasteiger partial charge in [0.25, 0.3) is 5.91 Å². The molecule has 100 valence electrons. The topological polar surface area (TPSA) is 83.6 Å². The summed E-state index contributed by atoms with van der Waals surface area (Å²) in [6.07, 6.45) is 0. The molecule has 0 aliphatic heterocycles. The molecule has 0 bridgehead atoms. The summed E-state index contributed by atoms with van der Waals surface area (Å²) in [7, 11) is 0. The molecule has 2 heterocycles. The lowest BCUT2D eigenvalue weighted by molar-refractivity contribution is -0.137. The minimum Gasteiger partial charge on any atom is -0.480 e. The number of carboxylic acids is 1. The van der Waals surface area contributed by atoms with Gasteiger partial charge in [-0.05, 0) is 26.0 Å². The largest absolute Gasteiger partial charge is 0.480 e. The normalized spacial score (nSPS) is 10.6. The molecule has 19 heavy (non-hydrogen) atoms. The first kappa shape index (κ1) is 13.1. The van der Waals surface area contributed by atoms with Gasteiger partial charge in [0.1, 0.15) is 12.1 Å². The van der Waals surface area contributed by atoms with Crippen molar-refractivity contribution in [3.63, 3.8) is 0 Å². The number of nitrogens with zero attached hydrogens (tertiary/aromatic N) is 2. The molecule has 6 heteroatoms. The van der Waals surface area contributed by atoms with Gasteiger partial charge in [0, 0.05) is 18.3 Å². The molecule has 0 fully saturated rings. The van der Waals surface area contributed by atoms with Crippen molar-refractivity contribution in [1.82, 2.24) is 9.88 Å². The van der Waals surface area contributed by atoms with Crippen molar-refractivity contribution in [2.24, 2.45) is 0 Å². The van der Waals surface area contributed by atoms with Gasteiger partial charge in [-0.1, -0.05) is 0 Å². The third kappa shape index (κ3) is 2.73. The van der Waals surface area contributed by atoms with Crippen LogP contribution in [0.4, 0.5) is 0 Å². The van der Waals surface area contributed by atoms with Gasteiger partial charge in [-0.15, -0.1) is 0 Å². The van der Waals surface area contributed by atoms with Crippen molar-refractivity contribution < 1.29 is 19.1 Å². The maximum Gasteiger partial charge on any atom is 0.323 e. The molecule has 0 aromatic carbocycles. The summed E-state index contributed by atoms with van der Waals surface area (Å²) in [5.74, 6) is -1.39. The lowest BCUT2D eigenvalue weighted by atomic mass is 10.3. The predicted molar refractivity (Wildman–Crippen MR) is 68.0 cm³/mol. The Bertz CT molecular complexity index is 633. The predicted octanol–water partition coefficient (Wildman–Crippen LogP) is 1.68. The van der Waals surface area contributed by atoms with E-state index in [9.17, 15) is 9.59 Å². The molecule has 6 nitrogen and oxygen atoms in total. The summed E-state index contributed by atoms with van der Waals surface area (Å²) >= 11 is 0. The Hall–Kier alpha value is -2.37. The van der Waals surface area contributed by atoms with E-state index in [1.165, 1.54) is 11.0 Å². The summed E-state index contributed by atoms with van der Waals surface area (Å²) in [6.45, 7) is 3.51. The van der Waals surface area contributed by atoms with Gasteiger partial charge < -0.3 is 14.4 Å². The maximum atomic E-state index is 12.1. The van der Waals surface area contributed by atoms with Crippen LogP contribution in [0.1, 0.15) is 23.2 Å². The van der Waals surface area contributed by atoms with Gasteiger partial charge >= 0.3 is 5.97 Å². The Labute approximate surface area is 109 Å². The van der Waals surface area contributed by atoms with Gasteiger partial charge in [0.2, 0.25) is 0 Å². The summed E-state index contributed by atoms with van der Waals surface area (Å²) in [6, 6.07) is 5.06. The molecule has 1 amide bonds. The molecule has 2 aromatic heterocycles. The minimum atomic E-state index is -1.06.